The van der Waals surface area contributed by atoms with E-state index in [4.69, 9.17) is 10.5 Å². The van der Waals surface area contributed by atoms with Crippen molar-refractivity contribution in [3.8, 4) is 5.75 Å². The Labute approximate surface area is 106 Å². The maximum atomic E-state index is 13.6. The molecule has 0 heterocycles. The zero-order valence-corrected chi connectivity index (χ0v) is 10.3. The summed E-state index contributed by atoms with van der Waals surface area (Å²) < 4.78 is 19.2. The minimum Gasteiger partial charge on any atom is -0.488 e. The number of hydrogen-bond donors (Lipinski definition) is 1. The second kappa shape index (κ2) is 5.54. The van der Waals surface area contributed by atoms with Crippen molar-refractivity contribution in [3.05, 3.63) is 59.4 Å². The largest absolute Gasteiger partial charge is 0.488 e. The molecule has 0 spiro atoms. The molecule has 94 valence electrons. The standard InChI is InChI=1S/C15H16FNO/c1-2-11-6-3-4-9-15(11)18-10-12-13(16)7-5-8-14(12)17/h3-9H,2,10,17H2,1H3. The van der Waals surface area contributed by atoms with Gasteiger partial charge in [-0.3, -0.25) is 0 Å². The van der Waals surface area contributed by atoms with Crippen LogP contribution in [0.15, 0.2) is 42.5 Å². The Morgan fingerprint density at radius 2 is 1.89 bits per heavy atom. The summed E-state index contributed by atoms with van der Waals surface area (Å²) in [4.78, 5) is 0. The lowest BCUT2D eigenvalue weighted by atomic mass is 10.1. The molecule has 2 aromatic carbocycles. The molecule has 0 aromatic heterocycles. The van der Waals surface area contributed by atoms with Gasteiger partial charge in [0.05, 0.1) is 0 Å². The van der Waals surface area contributed by atoms with Crippen LogP contribution in [0.25, 0.3) is 0 Å². The number of rotatable bonds is 4. The van der Waals surface area contributed by atoms with E-state index in [-0.39, 0.29) is 12.4 Å². The monoisotopic (exact) mass is 245 g/mol. The third kappa shape index (κ3) is 2.62. The number of nitrogens with two attached hydrogens (primary N) is 1. The van der Waals surface area contributed by atoms with Crippen LogP contribution in [0.2, 0.25) is 0 Å². The molecule has 3 heteroatoms. The number of para-hydroxylation sites is 1. The Balaban J connectivity index is 2.16. The summed E-state index contributed by atoms with van der Waals surface area (Å²) in [7, 11) is 0. The minimum atomic E-state index is -0.330. The Kier molecular flexibility index (Phi) is 3.82. The van der Waals surface area contributed by atoms with Crippen LogP contribution < -0.4 is 10.5 Å². The fourth-order valence-corrected chi connectivity index (χ4v) is 1.81. The van der Waals surface area contributed by atoms with E-state index in [1.807, 2.05) is 24.3 Å². The molecule has 0 saturated carbocycles. The zero-order chi connectivity index (χ0) is 13.0. The summed E-state index contributed by atoms with van der Waals surface area (Å²) in [6.07, 6.45) is 0.878. The average Bonchev–Trinajstić information content (AvgIpc) is 2.38. The van der Waals surface area contributed by atoms with Gasteiger partial charge in [-0.25, -0.2) is 4.39 Å². The maximum Gasteiger partial charge on any atom is 0.131 e. The quantitative estimate of drug-likeness (QED) is 0.836. The molecule has 0 atom stereocenters. The molecule has 0 aliphatic carbocycles. The van der Waals surface area contributed by atoms with E-state index in [9.17, 15) is 4.39 Å². The number of ether oxygens (including phenoxy) is 1. The molecule has 0 bridgehead atoms. The van der Waals surface area contributed by atoms with Crippen LogP contribution in [-0.2, 0) is 13.0 Å². The topological polar surface area (TPSA) is 35.2 Å². The Hall–Kier alpha value is -2.03. The van der Waals surface area contributed by atoms with Crippen molar-refractivity contribution in [1.29, 1.82) is 0 Å². The molecule has 0 aliphatic heterocycles. The maximum absolute atomic E-state index is 13.6. The molecule has 2 rings (SSSR count). The first kappa shape index (κ1) is 12.4. The number of nitrogen functional groups attached to an aromatic ring is 1. The van der Waals surface area contributed by atoms with Crippen molar-refractivity contribution in [2.75, 3.05) is 5.73 Å². The summed E-state index contributed by atoms with van der Waals surface area (Å²) in [6.45, 7) is 2.20. The van der Waals surface area contributed by atoms with Gasteiger partial charge in [0.25, 0.3) is 0 Å². The molecule has 0 saturated heterocycles. The van der Waals surface area contributed by atoms with Crippen LogP contribution in [0.5, 0.6) is 5.75 Å². The lowest BCUT2D eigenvalue weighted by molar-refractivity contribution is 0.298. The van der Waals surface area contributed by atoms with Crippen molar-refractivity contribution in [3.63, 3.8) is 0 Å². The van der Waals surface area contributed by atoms with Crippen LogP contribution in [0.1, 0.15) is 18.1 Å². The SMILES string of the molecule is CCc1ccccc1OCc1c(N)cccc1F. The third-order valence-corrected chi connectivity index (χ3v) is 2.88. The fraction of sp³-hybridized carbons (Fsp3) is 0.200. The van der Waals surface area contributed by atoms with Gasteiger partial charge in [-0.05, 0) is 30.2 Å². The molecule has 2 nitrogen and oxygen atoms in total. The van der Waals surface area contributed by atoms with Crippen LogP contribution >= 0.6 is 0 Å². The molecular formula is C15H16FNO. The molecule has 0 radical (unpaired) electrons. The van der Waals surface area contributed by atoms with E-state index in [0.29, 0.717) is 11.3 Å². The second-order valence-corrected chi connectivity index (χ2v) is 4.06. The molecule has 2 aromatic rings. The highest BCUT2D eigenvalue weighted by Crippen LogP contribution is 2.22. The van der Waals surface area contributed by atoms with E-state index < -0.39 is 0 Å². The normalized spacial score (nSPS) is 10.3. The van der Waals surface area contributed by atoms with Crippen molar-refractivity contribution in [2.45, 2.75) is 20.0 Å². The smallest absolute Gasteiger partial charge is 0.131 e. The molecular weight excluding hydrogens is 229 g/mol. The van der Waals surface area contributed by atoms with Gasteiger partial charge < -0.3 is 10.5 Å². The molecule has 0 amide bonds. The number of benzene rings is 2. The summed E-state index contributed by atoms with van der Waals surface area (Å²) in [5.74, 6) is 0.451. The van der Waals surface area contributed by atoms with Crippen molar-refractivity contribution >= 4 is 5.69 Å². The molecule has 0 fully saturated rings. The van der Waals surface area contributed by atoms with Crippen LogP contribution in [0.3, 0.4) is 0 Å². The number of halogens is 1. The third-order valence-electron chi connectivity index (χ3n) is 2.88. The summed E-state index contributed by atoms with van der Waals surface area (Å²) >= 11 is 0. The van der Waals surface area contributed by atoms with Crippen molar-refractivity contribution in [1.82, 2.24) is 0 Å². The van der Waals surface area contributed by atoms with Gasteiger partial charge in [0.15, 0.2) is 0 Å². The first-order valence-electron chi connectivity index (χ1n) is 5.96. The number of aryl methyl sites for hydroxylation is 1. The average molecular weight is 245 g/mol. The van der Waals surface area contributed by atoms with E-state index in [1.165, 1.54) is 6.07 Å². The summed E-state index contributed by atoms with van der Waals surface area (Å²) in [5, 5.41) is 0. The summed E-state index contributed by atoms with van der Waals surface area (Å²) in [6, 6.07) is 12.4. The van der Waals surface area contributed by atoms with E-state index in [1.54, 1.807) is 12.1 Å². The predicted octanol–water partition coefficient (Wildman–Crippen LogP) is 3.55. The van der Waals surface area contributed by atoms with Gasteiger partial charge in [0.2, 0.25) is 0 Å². The van der Waals surface area contributed by atoms with E-state index in [0.717, 1.165) is 17.7 Å². The van der Waals surface area contributed by atoms with Crippen molar-refractivity contribution in [2.24, 2.45) is 0 Å². The molecule has 0 aliphatic rings. The minimum absolute atomic E-state index is 0.148. The molecule has 18 heavy (non-hydrogen) atoms. The van der Waals surface area contributed by atoms with Gasteiger partial charge in [0.1, 0.15) is 18.2 Å². The van der Waals surface area contributed by atoms with E-state index >= 15 is 0 Å². The number of anilines is 1. The zero-order valence-electron chi connectivity index (χ0n) is 10.3. The fourth-order valence-electron chi connectivity index (χ4n) is 1.81. The van der Waals surface area contributed by atoms with Crippen molar-refractivity contribution < 1.29 is 9.13 Å². The summed E-state index contributed by atoms with van der Waals surface area (Å²) in [5.41, 5.74) is 7.67. The van der Waals surface area contributed by atoms with Gasteiger partial charge in [0, 0.05) is 11.3 Å². The van der Waals surface area contributed by atoms with Gasteiger partial charge >= 0.3 is 0 Å². The lowest BCUT2D eigenvalue weighted by Gasteiger charge is -2.12. The first-order valence-corrected chi connectivity index (χ1v) is 5.96. The Morgan fingerprint density at radius 3 is 2.61 bits per heavy atom. The van der Waals surface area contributed by atoms with Gasteiger partial charge in [-0.1, -0.05) is 31.2 Å². The number of hydrogen-bond acceptors (Lipinski definition) is 2. The Morgan fingerprint density at radius 1 is 1.11 bits per heavy atom. The van der Waals surface area contributed by atoms with Crippen LogP contribution in [0, 0.1) is 5.82 Å². The highest BCUT2D eigenvalue weighted by molar-refractivity contribution is 5.47. The first-order chi connectivity index (χ1) is 8.72. The van der Waals surface area contributed by atoms with Crippen LogP contribution in [0.4, 0.5) is 10.1 Å². The highest BCUT2D eigenvalue weighted by Gasteiger charge is 2.08. The molecule has 0 unspecified atom stereocenters. The highest BCUT2D eigenvalue weighted by atomic mass is 19.1. The second-order valence-electron chi connectivity index (χ2n) is 4.06. The van der Waals surface area contributed by atoms with Crippen LogP contribution in [-0.4, -0.2) is 0 Å². The van der Waals surface area contributed by atoms with Gasteiger partial charge in [-0.2, -0.15) is 0 Å². The van der Waals surface area contributed by atoms with E-state index in [2.05, 4.69) is 6.92 Å². The molecule has 2 N–H and O–H groups in total. The van der Waals surface area contributed by atoms with Gasteiger partial charge in [-0.15, -0.1) is 0 Å². The Bertz CT molecular complexity index is 520. The predicted molar refractivity (Wildman–Crippen MR) is 71.0 cm³/mol. The lowest BCUT2D eigenvalue weighted by Crippen LogP contribution is -2.04.